The molecule has 4 unspecified atom stereocenters. The summed E-state index contributed by atoms with van der Waals surface area (Å²) >= 11 is 3.04. The van der Waals surface area contributed by atoms with Gasteiger partial charge in [0.2, 0.25) is 0 Å². The monoisotopic (exact) mass is 522 g/mol. The summed E-state index contributed by atoms with van der Waals surface area (Å²) in [5.74, 6) is -0.513. The zero-order valence-electron chi connectivity index (χ0n) is 20.4. The largest absolute Gasteiger partial charge is 0.454 e. The number of rotatable bonds is 3. The summed E-state index contributed by atoms with van der Waals surface area (Å²) in [6.45, 7) is 3.58. The van der Waals surface area contributed by atoms with Crippen LogP contribution in [0.15, 0.2) is 20.6 Å². The highest BCUT2D eigenvalue weighted by molar-refractivity contribution is 8.00. The SMILES string of the molecule is CSc1nc(/C=C2/C3CC(N)C(CCCCC(O)CC(=O)C(C)(C)CCC(=O)O3)N2N=[N+]=[N-])cs1. The first-order valence-electron chi connectivity index (χ1n) is 11.9. The topological polar surface area (TPSA) is 155 Å². The number of nitrogens with zero attached hydrogens (tertiary/aromatic N) is 5. The first-order chi connectivity index (χ1) is 16.6. The lowest BCUT2D eigenvalue weighted by atomic mass is 9.80. The van der Waals surface area contributed by atoms with E-state index in [1.165, 1.54) is 23.1 Å². The highest BCUT2D eigenvalue weighted by Crippen LogP contribution is 2.35. The Morgan fingerprint density at radius 3 is 2.83 bits per heavy atom. The van der Waals surface area contributed by atoms with E-state index in [4.69, 9.17) is 10.5 Å². The molecule has 4 atom stereocenters. The van der Waals surface area contributed by atoms with Gasteiger partial charge >= 0.3 is 5.97 Å². The number of ketones is 1. The van der Waals surface area contributed by atoms with Gasteiger partial charge < -0.3 is 15.6 Å². The van der Waals surface area contributed by atoms with Crippen LogP contribution >= 0.6 is 23.1 Å². The van der Waals surface area contributed by atoms with Crippen molar-refractivity contribution >= 4 is 40.9 Å². The summed E-state index contributed by atoms with van der Waals surface area (Å²) < 4.78 is 6.74. The van der Waals surface area contributed by atoms with Crippen LogP contribution in [-0.2, 0) is 14.3 Å². The van der Waals surface area contributed by atoms with Gasteiger partial charge in [-0.25, -0.2) is 9.99 Å². The molecule has 0 aromatic carbocycles. The number of aliphatic hydroxyl groups excluding tert-OH is 1. The number of thioether (sulfide) groups is 1. The van der Waals surface area contributed by atoms with Gasteiger partial charge in [-0.2, -0.15) is 4.91 Å². The molecule has 0 amide bonds. The maximum atomic E-state index is 12.9. The molecule has 35 heavy (non-hydrogen) atoms. The van der Waals surface area contributed by atoms with Gasteiger partial charge in [-0.15, -0.1) is 16.9 Å². The molecular formula is C23H34N6O4S2. The average molecular weight is 523 g/mol. The third kappa shape index (κ3) is 7.20. The number of ether oxygens (including phenoxy) is 1. The number of hydrogen-bond donors (Lipinski definition) is 2. The van der Waals surface area contributed by atoms with E-state index in [9.17, 15) is 20.2 Å². The molecule has 1 aromatic rings. The molecule has 192 valence electrons. The Labute approximate surface area is 213 Å². The van der Waals surface area contributed by atoms with Gasteiger partial charge in [0.15, 0.2) is 11.8 Å². The number of azide groups is 1. The minimum Gasteiger partial charge on any atom is -0.454 e. The van der Waals surface area contributed by atoms with Crippen LogP contribution in [0.5, 0.6) is 0 Å². The van der Waals surface area contributed by atoms with Crippen LogP contribution in [0, 0.1) is 5.41 Å². The second-order valence-corrected chi connectivity index (χ2v) is 11.6. The van der Waals surface area contributed by atoms with Gasteiger partial charge in [-0.3, -0.25) is 9.59 Å². The van der Waals surface area contributed by atoms with Crippen molar-refractivity contribution in [2.75, 3.05) is 6.26 Å². The number of nitrogens with two attached hydrogens (primary N) is 1. The molecule has 3 saturated heterocycles. The molecule has 4 heterocycles. The van der Waals surface area contributed by atoms with Crippen molar-refractivity contribution in [1.82, 2.24) is 9.99 Å². The molecule has 2 bridgehead atoms. The number of piperidine rings is 1. The van der Waals surface area contributed by atoms with Crippen LogP contribution < -0.4 is 5.73 Å². The number of aliphatic hydroxyl groups is 1. The van der Waals surface area contributed by atoms with Gasteiger partial charge in [0, 0.05) is 42.2 Å². The van der Waals surface area contributed by atoms with Crippen LogP contribution in [0.3, 0.4) is 0 Å². The summed E-state index contributed by atoms with van der Waals surface area (Å²) in [5, 5.41) is 17.8. The Kier molecular flexibility index (Phi) is 9.60. The van der Waals surface area contributed by atoms with E-state index in [1.807, 2.05) is 11.6 Å². The van der Waals surface area contributed by atoms with Crippen molar-refractivity contribution in [2.45, 2.75) is 93.8 Å². The van der Waals surface area contributed by atoms with E-state index in [0.29, 0.717) is 43.5 Å². The first kappa shape index (κ1) is 27.5. The van der Waals surface area contributed by atoms with E-state index in [0.717, 1.165) is 10.8 Å². The third-order valence-electron chi connectivity index (χ3n) is 6.69. The average Bonchev–Trinajstić information content (AvgIpc) is 3.26. The predicted octanol–water partition coefficient (Wildman–Crippen LogP) is 4.45. The minimum absolute atomic E-state index is 0.0477. The molecule has 4 rings (SSSR count). The van der Waals surface area contributed by atoms with Crippen molar-refractivity contribution in [3.63, 3.8) is 0 Å². The quantitative estimate of drug-likeness (QED) is 0.194. The molecule has 0 spiro atoms. The Morgan fingerprint density at radius 2 is 2.14 bits per heavy atom. The maximum absolute atomic E-state index is 12.9. The molecule has 0 aliphatic carbocycles. The number of carbonyl (C=O) groups excluding carboxylic acids is 2. The number of carbonyl (C=O) groups is 2. The Hall–Kier alpha value is -2.11. The van der Waals surface area contributed by atoms with E-state index < -0.39 is 23.6 Å². The zero-order chi connectivity index (χ0) is 25.6. The number of hydrogen-bond acceptors (Lipinski definition) is 9. The van der Waals surface area contributed by atoms with E-state index in [-0.39, 0.29) is 30.7 Å². The maximum Gasteiger partial charge on any atom is 0.306 e. The molecule has 10 nitrogen and oxygen atoms in total. The summed E-state index contributed by atoms with van der Waals surface area (Å²) in [6.07, 6.45) is 5.67. The third-order valence-corrected chi connectivity index (χ3v) is 8.57. The Morgan fingerprint density at radius 1 is 1.40 bits per heavy atom. The van der Waals surface area contributed by atoms with Crippen LogP contribution in [0.4, 0.5) is 0 Å². The lowest BCUT2D eigenvalue weighted by Gasteiger charge is -2.39. The molecule has 3 aliphatic heterocycles. The molecule has 0 radical (unpaired) electrons. The number of aromatic nitrogens is 1. The number of fused-ring (bicyclic) bond motifs is 13. The van der Waals surface area contributed by atoms with Crippen molar-refractivity contribution in [2.24, 2.45) is 16.4 Å². The van der Waals surface area contributed by atoms with Gasteiger partial charge in [0.05, 0.1) is 11.8 Å². The molecule has 3 N–H and O–H groups in total. The highest BCUT2D eigenvalue weighted by atomic mass is 32.2. The van der Waals surface area contributed by atoms with Crippen LogP contribution in [-0.4, -0.2) is 57.4 Å². The summed E-state index contributed by atoms with van der Waals surface area (Å²) in [6, 6.07) is -0.681. The molecule has 3 fully saturated rings. The van der Waals surface area contributed by atoms with Crippen LogP contribution in [0.1, 0.15) is 70.9 Å². The fraction of sp³-hybridized carbons (Fsp3) is 0.696. The van der Waals surface area contributed by atoms with Crippen LogP contribution in [0.25, 0.3) is 16.5 Å². The predicted molar refractivity (Wildman–Crippen MR) is 136 cm³/mol. The zero-order valence-corrected chi connectivity index (χ0v) is 22.1. The van der Waals surface area contributed by atoms with E-state index in [1.54, 1.807) is 24.9 Å². The fourth-order valence-electron chi connectivity index (χ4n) is 4.49. The molecule has 1 aromatic heterocycles. The fourth-order valence-corrected chi connectivity index (χ4v) is 5.71. The standard InChI is InChI=1S/C23H34N6O4S2/c1-23(2)9-8-21(32)33-19-12-16(24)17(7-5-4-6-15(30)11-20(23)31)29(28-27-25)18(19)10-14-13-35-22(26-14)34-3/h10,13,15-17,19,30H,4-9,11-12,24H2,1-3H3/b18-10-. The molecular weight excluding hydrogens is 488 g/mol. The van der Waals surface area contributed by atoms with Crippen molar-refractivity contribution in [3.8, 4) is 0 Å². The van der Waals surface area contributed by atoms with Gasteiger partial charge in [-0.1, -0.05) is 32.0 Å². The summed E-state index contributed by atoms with van der Waals surface area (Å²) in [5.41, 5.74) is 16.3. The Bertz CT molecular complexity index is 990. The summed E-state index contributed by atoms with van der Waals surface area (Å²) in [4.78, 5) is 33.2. The molecule has 12 heteroatoms. The van der Waals surface area contributed by atoms with Crippen LogP contribution in [0.2, 0.25) is 0 Å². The number of thiazole rings is 1. The lowest BCUT2D eigenvalue weighted by Crippen LogP contribution is -2.54. The Balaban J connectivity index is 1.97. The van der Waals surface area contributed by atoms with Crippen molar-refractivity contribution in [1.29, 1.82) is 0 Å². The molecule has 3 aliphatic rings. The van der Waals surface area contributed by atoms with Gasteiger partial charge in [-0.05, 0) is 37.2 Å². The normalized spacial score (nSPS) is 29.6. The molecule has 0 saturated carbocycles. The number of Topliss-reactive ketones (excluding diaryl/α,β-unsaturated/α-hetero) is 1. The van der Waals surface area contributed by atoms with Gasteiger partial charge in [0.1, 0.15) is 16.2 Å². The first-order valence-corrected chi connectivity index (χ1v) is 14.0. The number of esters is 1. The smallest absolute Gasteiger partial charge is 0.306 e. The second kappa shape index (κ2) is 12.2. The van der Waals surface area contributed by atoms with Crippen molar-refractivity contribution < 1.29 is 19.4 Å². The van der Waals surface area contributed by atoms with Gasteiger partial charge in [0.25, 0.3) is 0 Å². The second-order valence-electron chi connectivity index (χ2n) is 9.73. The van der Waals surface area contributed by atoms with E-state index in [2.05, 4.69) is 15.1 Å². The highest BCUT2D eigenvalue weighted by Gasteiger charge is 2.43. The summed E-state index contributed by atoms with van der Waals surface area (Å²) in [7, 11) is 0. The minimum atomic E-state index is -0.754. The lowest BCUT2D eigenvalue weighted by molar-refractivity contribution is -0.151. The van der Waals surface area contributed by atoms with Crippen molar-refractivity contribution in [3.05, 3.63) is 27.2 Å². The van der Waals surface area contributed by atoms with E-state index >= 15 is 0 Å².